The van der Waals surface area contributed by atoms with E-state index in [0.29, 0.717) is 49.8 Å². The van der Waals surface area contributed by atoms with E-state index in [4.69, 9.17) is 9.47 Å². The summed E-state index contributed by atoms with van der Waals surface area (Å²) in [5.74, 6) is -0.470. The third-order valence-corrected chi connectivity index (χ3v) is 9.04. The van der Waals surface area contributed by atoms with Crippen LogP contribution < -0.4 is 9.64 Å². The van der Waals surface area contributed by atoms with Crippen molar-refractivity contribution in [2.24, 2.45) is 11.3 Å². The number of pyridine rings is 1. The Morgan fingerprint density at radius 3 is 2.43 bits per heavy atom. The van der Waals surface area contributed by atoms with Crippen molar-refractivity contribution in [1.82, 2.24) is 9.88 Å². The van der Waals surface area contributed by atoms with Crippen molar-refractivity contribution in [2.75, 3.05) is 31.1 Å². The molecule has 3 heterocycles. The van der Waals surface area contributed by atoms with Crippen molar-refractivity contribution in [2.45, 2.75) is 57.9 Å². The van der Waals surface area contributed by atoms with Crippen molar-refractivity contribution in [3.05, 3.63) is 76.5 Å². The van der Waals surface area contributed by atoms with Crippen molar-refractivity contribution in [3.63, 3.8) is 0 Å². The minimum absolute atomic E-state index is 0.116. The number of halogens is 5. The number of likely N-dealkylation sites (tertiary alicyclic amines) is 1. The highest BCUT2D eigenvalue weighted by Gasteiger charge is 2.54. The molecule has 2 aromatic carbocycles. The standard InChI is InChI=1S/C33H32F5N3O3/c1-31(2,3)44-30(42)41-16-32(17-41)14-40(15-32)21-4-5-22(28(35)10-21)24-8-20(27(34)11-26(24)33(36,37)38)13-43-29-9-19-6-18-7-23(18)25(19)12-39-29/h4-5,8-12,18,23H,6-7,13-17H2,1-3H3. The second kappa shape index (κ2) is 9.81. The number of aromatic nitrogens is 1. The monoisotopic (exact) mass is 613 g/mol. The van der Waals surface area contributed by atoms with Crippen LogP contribution in [-0.2, 0) is 23.9 Å². The van der Waals surface area contributed by atoms with Gasteiger partial charge in [0.05, 0.1) is 5.56 Å². The number of hydrogen-bond donors (Lipinski definition) is 0. The number of nitrogens with zero attached hydrogens (tertiary/aromatic N) is 3. The average Bonchev–Trinajstić information content (AvgIpc) is 3.55. The first-order valence-electron chi connectivity index (χ1n) is 14.7. The zero-order chi connectivity index (χ0) is 31.2. The summed E-state index contributed by atoms with van der Waals surface area (Å²) in [7, 11) is 0. The first-order valence-corrected chi connectivity index (χ1v) is 14.7. The first-order chi connectivity index (χ1) is 20.7. The van der Waals surface area contributed by atoms with Gasteiger partial charge in [-0.15, -0.1) is 0 Å². The minimum Gasteiger partial charge on any atom is -0.473 e. The van der Waals surface area contributed by atoms with Crippen LogP contribution >= 0.6 is 0 Å². The zero-order valence-corrected chi connectivity index (χ0v) is 24.6. The van der Waals surface area contributed by atoms with Gasteiger partial charge in [0.1, 0.15) is 23.8 Å². The van der Waals surface area contributed by atoms with Gasteiger partial charge in [0.15, 0.2) is 0 Å². The molecule has 7 rings (SSSR count). The molecule has 1 spiro atoms. The predicted octanol–water partition coefficient (Wildman–Crippen LogP) is 7.34. The van der Waals surface area contributed by atoms with E-state index in [9.17, 15) is 22.4 Å². The summed E-state index contributed by atoms with van der Waals surface area (Å²) in [6.07, 6.45) is -1.41. The average molecular weight is 614 g/mol. The van der Waals surface area contributed by atoms with E-state index in [0.717, 1.165) is 18.1 Å². The van der Waals surface area contributed by atoms with Crippen LogP contribution in [0.2, 0.25) is 0 Å². The lowest BCUT2D eigenvalue weighted by Crippen LogP contribution is -2.73. The highest BCUT2D eigenvalue weighted by atomic mass is 19.4. The molecule has 232 valence electrons. The van der Waals surface area contributed by atoms with E-state index in [2.05, 4.69) is 4.98 Å². The quantitative estimate of drug-likeness (QED) is 0.282. The summed E-state index contributed by atoms with van der Waals surface area (Å²) in [5, 5.41) is 0. The molecule has 1 amide bonds. The molecule has 11 heteroatoms. The summed E-state index contributed by atoms with van der Waals surface area (Å²) in [6.45, 7) is 7.25. The molecular formula is C33H32F5N3O3. The molecule has 0 N–H and O–H groups in total. The first kappa shape index (κ1) is 28.9. The SMILES string of the molecule is CC(C)(C)OC(=O)N1CC2(C1)CN(c1ccc(-c3cc(COc4cc5c(cn4)C4CC4C5)c(F)cc3C(F)(F)F)c(F)c1)C2. The van der Waals surface area contributed by atoms with Gasteiger partial charge in [-0.05, 0) is 92.5 Å². The van der Waals surface area contributed by atoms with Gasteiger partial charge in [-0.25, -0.2) is 18.6 Å². The molecule has 2 unspecified atom stereocenters. The van der Waals surface area contributed by atoms with Crippen molar-refractivity contribution >= 4 is 11.8 Å². The number of carbonyl (C=O) groups is 1. The second-order valence-corrected chi connectivity index (χ2v) is 13.7. The molecule has 3 aromatic rings. The lowest BCUT2D eigenvalue weighted by Gasteiger charge is -2.60. The Balaban J connectivity index is 1.06. The normalized spacial score (nSPS) is 21.4. The number of amides is 1. The van der Waals surface area contributed by atoms with Crippen molar-refractivity contribution in [3.8, 4) is 17.0 Å². The van der Waals surface area contributed by atoms with Gasteiger partial charge in [-0.1, -0.05) is 0 Å². The Morgan fingerprint density at radius 1 is 1.00 bits per heavy atom. The fourth-order valence-electron chi connectivity index (χ4n) is 6.83. The number of fused-ring (bicyclic) bond motifs is 3. The van der Waals surface area contributed by atoms with E-state index in [1.54, 1.807) is 44.0 Å². The maximum atomic E-state index is 15.5. The number of carbonyl (C=O) groups excluding carboxylic acids is 1. The smallest absolute Gasteiger partial charge is 0.417 e. The molecule has 6 nitrogen and oxygen atoms in total. The highest BCUT2D eigenvalue weighted by Crippen LogP contribution is 2.56. The fourth-order valence-corrected chi connectivity index (χ4v) is 6.83. The Hall–Kier alpha value is -3.89. The Kier molecular flexibility index (Phi) is 6.43. The van der Waals surface area contributed by atoms with Gasteiger partial charge in [0, 0.05) is 60.7 Å². The van der Waals surface area contributed by atoms with Gasteiger partial charge in [-0.3, -0.25) is 0 Å². The topological polar surface area (TPSA) is 54.9 Å². The lowest BCUT2D eigenvalue weighted by molar-refractivity contribution is -0.137. The largest absolute Gasteiger partial charge is 0.473 e. The molecule has 2 aliphatic carbocycles. The Bertz CT molecular complexity index is 1650. The van der Waals surface area contributed by atoms with Gasteiger partial charge < -0.3 is 19.3 Å². The molecule has 2 aliphatic heterocycles. The Morgan fingerprint density at radius 2 is 1.75 bits per heavy atom. The van der Waals surface area contributed by atoms with Crippen LogP contribution in [0.1, 0.15) is 55.4 Å². The third-order valence-electron chi connectivity index (χ3n) is 9.04. The van der Waals surface area contributed by atoms with Crippen LogP contribution in [0.5, 0.6) is 5.88 Å². The van der Waals surface area contributed by atoms with Crippen molar-refractivity contribution < 1.29 is 36.2 Å². The molecule has 1 aromatic heterocycles. The number of benzene rings is 2. The van der Waals surface area contributed by atoms with Gasteiger partial charge in [0.2, 0.25) is 5.88 Å². The molecule has 3 fully saturated rings. The summed E-state index contributed by atoms with van der Waals surface area (Å²) in [6, 6.07) is 7.28. The molecule has 0 bridgehead atoms. The third kappa shape index (κ3) is 5.24. The Labute approximate surface area is 251 Å². The van der Waals surface area contributed by atoms with E-state index < -0.39 is 34.5 Å². The molecule has 0 radical (unpaired) electrons. The van der Waals surface area contributed by atoms with Crippen LogP contribution in [0.25, 0.3) is 11.1 Å². The zero-order valence-electron chi connectivity index (χ0n) is 24.6. The second-order valence-electron chi connectivity index (χ2n) is 13.7. The molecular weight excluding hydrogens is 581 g/mol. The number of anilines is 1. The van der Waals surface area contributed by atoms with Crippen LogP contribution in [-0.4, -0.2) is 47.8 Å². The van der Waals surface area contributed by atoms with Gasteiger partial charge in [0.25, 0.3) is 0 Å². The van der Waals surface area contributed by atoms with E-state index in [1.807, 2.05) is 4.90 Å². The predicted molar refractivity (Wildman–Crippen MR) is 152 cm³/mol. The summed E-state index contributed by atoms with van der Waals surface area (Å²) in [5.41, 5.74) is 0.00986. The molecule has 2 saturated heterocycles. The summed E-state index contributed by atoms with van der Waals surface area (Å²) >= 11 is 0. The van der Waals surface area contributed by atoms with Crippen LogP contribution in [0.15, 0.2) is 42.6 Å². The fraction of sp³-hybridized carbons (Fsp3) is 0.455. The van der Waals surface area contributed by atoms with Gasteiger partial charge >= 0.3 is 12.3 Å². The number of rotatable bonds is 5. The lowest BCUT2D eigenvalue weighted by atomic mass is 9.73. The van der Waals surface area contributed by atoms with Crippen molar-refractivity contribution in [1.29, 1.82) is 0 Å². The highest BCUT2D eigenvalue weighted by molar-refractivity contribution is 5.73. The molecule has 44 heavy (non-hydrogen) atoms. The van der Waals surface area contributed by atoms with Crippen LogP contribution in [0.4, 0.5) is 32.4 Å². The maximum Gasteiger partial charge on any atom is 0.417 e. The molecule has 1 saturated carbocycles. The summed E-state index contributed by atoms with van der Waals surface area (Å²) < 4.78 is 83.5. The summed E-state index contributed by atoms with van der Waals surface area (Å²) in [4.78, 5) is 20.1. The van der Waals surface area contributed by atoms with Gasteiger partial charge in [-0.2, -0.15) is 13.2 Å². The van der Waals surface area contributed by atoms with E-state index in [-0.39, 0.29) is 35.1 Å². The van der Waals surface area contributed by atoms with Crippen LogP contribution in [0, 0.1) is 23.0 Å². The van der Waals surface area contributed by atoms with Crippen LogP contribution in [0.3, 0.4) is 0 Å². The van der Waals surface area contributed by atoms with E-state index >= 15 is 4.39 Å². The minimum atomic E-state index is -4.91. The maximum absolute atomic E-state index is 15.5. The number of ether oxygens (including phenoxy) is 2. The molecule has 4 aliphatic rings. The number of alkyl halides is 3. The molecule has 2 atom stereocenters. The number of hydrogen-bond acceptors (Lipinski definition) is 5. The van der Waals surface area contributed by atoms with E-state index in [1.165, 1.54) is 24.1 Å².